The quantitative estimate of drug-likeness (QED) is 0.590. The highest BCUT2D eigenvalue weighted by Crippen LogP contribution is 2.34. The lowest BCUT2D eigenvalue weighted by Crippen LogP contribution is -2.59. The minimum absolute atomic E-state index is 0.0742. The van der Waals surface area contributed by atoms with E-state index in [1.54, 1.807) is 24.0 Å². The zero-order valence-electron chi connectivity index (χ0n) is 17.3. The number of hydrogen-bond acceptors (Lipinski definition) is 6. The van der Waals surface area contributed by atoms with Crippen LogP contribution in [-0.4, -0.2) is 47.1 Å². The molecule has 2 aromatic carbocycles. The number of morpholine rings is 1. The van der Waals surface area contributed by atoms with Gasteiger partial charge in [0.1, 0.15) is 12.1 Å². The number of carbonyl (C=O) groups excluding carboxylic acids is 2. The predicted octanol–water partition coefficient (Wildman–Crippen LogP) is 4.14. The maximum absolute atomic E-state index is 13.2. The van der Waals surface area contributed by atoms with Crippen LogP contribution >= 0.6 is 0 Å². The molecule has 2 aliphatic rings. The summed E-state index contributed by atoms with van der Waals surface area (Å²) in [5, 5.41) is 0. The van der Waals surface area contributed by atoms with Crippen LogP contribution in [-0.2, 0) is 16.1 Å². The van der Waals surface area contributed by atoms with Crippen molar-refractivity contribution >= 4 is 23.0 Å². The summed E-state index contributed by atoms with van der Waals surface area (Å²) in [6.07, 6.45) is 0.776. The van der Waals surface area contributed by atoms with Gasteiger partial charge in [-0.1, -0.05) is 30.3 Å². The Morgan fingerprint density at radius 2 is 1.84 bits per heavy atom. The number of Topliss-reactive ketones (excluding diaryl/α,β-unsaturated/α-hetero) is 1. The molecule has 0 radical (unpaired) electrons. The average Bonchev–Trinajstić information content (AvgIpc) is 3.16. The first-order valence-corrected chi connectivity index (χ1v) is 10.6. The highest BCUT2D eigenvalue weighted by atomic mass is 16.6. The molecule has 5 rings (SSSR count). The van der Waals surface area contributed by atoms with E-state index >= 15 is 0 Å². The van der Waals surface area contributed by atoms with Crippen molar-refractivity contribution in [1.29, 1.82) is 0 Å². The van der Waals surface area contributed by atoms with Crippen LogP contribution in [0, 0.1) is 12.8 Å². The number of carbonyl (C=O) groups is 2. The van der Waals surface area contributed by atoms with Gasteiger partial charge in [-0.3, -0.25) is 9.69 Å². The van der Waals surface area contributed by atoms with Crippen LogP contribution in [0.25, 0.3) is 11.1 Å². The van der Waals surface area contributed by atoms with Crippen LogP contribution in [0.1, 0.15) is 34.7 Å². The number of rotatable bonds is 4. The largest absolute Gasteiger partial charge is 0.445 e. The number of oxazole rings is 1. The molecule has 2 fully saturated rings. The molecule has 2 saturated heterocycles. The van der Waals surface area contributed by atoms with Gasteiger partial charge in [-0.05, 0) is 36.6 Å². The van der Waals surface area contributed by atoms with Crippen molar-refractivity contribution in [3.05, 3.63) is 65.5 Å². The van der Waals surface area contributed by atoms with Crippen LogP contribution in [0.5, 0.6) is 0 Å². The summed E-state index contributed by atoms with van der Waals surface area (Å²) in [5.74, 6) is 0.484. The molecule has 0 spiro atoms. The second-order valence-electron chi connectivity index (χ2n) is 8.24. The molecule has 2 atom stereocenters. The Balaban J connectivity index is 1.28. The number of aryl methyl sites for hydroxylation is 1. The molecule has 31 heavy (non-hydrogen) atoms. The number of fused-ring (bicyclic) bond motifs is 3. The van der Waals surface area contributed by atoms with Crippen molar-refractivity contribution in [2.75, 3.05) is 13.2 Å². The monoisotopic (exact) mass is 420 g/mol. The van der Waals surface area contributed by atoms with Gasteiger partial charge in [-0.15, -0.1) is 0 Å². The summed E-state index contributed by atoms with van der Waals surface area (Å²) in [6.45, 7) is 2.85. The van der Waals surface area contributed by atoms with Crippen LogP contribution in [0.2, 0.25) is 0 Å². The Labute approximate surface area is 179 Å². The van der Waals surface area contributed by atoms with Crippen molar-refractivity contribution in [2.45, 2.75) is 38.5 Å². The second-order valence-corrected chi connectivity index (χ2v) is 8.24. The lowest BCUT2D eigenvalue weighted by molar-refractivity contribution is -0.0755. The SMILES string of the molecule is Cc1nc2ccc(C(=O)C3CC4COCC(C3)N4C(=O)OCc3ccccc3)cc2o1. The fourth-order valence-electron chi connectivity index (χ4n) is 4.65. The van der Waals surface area contributed by atoms with Gasteiger partial charge in [0.2, 0.25) is 0 Å². The van der Waals surface area contributed by atoms with Crippen molar-refractivity contribution < 1.29 is 23.5 Å². The zero-order chi connectivity index (χ0) is 21.4. The summed E-state index contributed by atoms with van der Waals surface area (Å²) in [4.78, 5) is 32.1. The number of ketones is 1. The van der Waals surface area contributed by atoms with E-state index < -0.39 is 0 Å². The number of benzene rings is 2. The van der Waals surface area contributed by atoms with Gasteiger partial charge >= 0.3 is 6.09 Å². The van der Waals surface area contributed by atoms with E-state index in [4.69, 9.17) is 13.9 Å². The molecule has 160 valence electrons. The van der Waals surface area contributed by atoms with Gasteiger partial charge in [0.15, 0.2) is 17.3 Å². The molecular weight excluding hydrogens is 396 g/mol. The summed E-state index contributed by atoms with van der Waals surface area (Å²) in [6, 6.07) is 14.7. The first-order chi connectivity index (χ1) is 15.1. The van der Waals surface area contributed by atoms with Gasteiger partial charge in [0, 0.05) is 18.4 Å². The first-order valence-electron chi connectivity index (χ1n) is 10.6. The maximum Gasteiger partial charge on any atom is 0.410 e. The predicted molar refractivity (Wildman–Crippen MR) is 113 cm³/mol. The third-order valence-corrected chi connectivity index (χ3v) is 6.09. The second kappa shape index (κ2) is 8.15. The molecule has 2 bridgehead atoms. The molecule has 1 amide bonds. The summed E-state index contributed by atoms with van der Waals surface area (Å²) in [5.41, 5.74) is 2.93. The molecule has 1 aromatic heterocycles. The standard InChI is InChI=1S/C24H24N2O5/c1-15-25-21-8-7-17(11-22(21)31-15)23(27)18-9-19-13-29-14-20(10-18)26(19)24(28)30-12-16-5-3-2-4-6-16/h2-8,11,18-20H,9-10,12-14H2,1H3. The molecule has 3 heterocycles. The molecule has 2 unspecified atom stereocenters. The number of amides is 1. The maximum atomic E-state index is 13.2. The number of nitrogens with zero attached hydrogens (tertiary/aromatic N) is 2. The zero-order valence-corrected chi connectivity index (χ0v) is 17.3. The van der Waals surface area contributed by atoms with Crippen molar-refractivity contribution in [3.8, 4) is 0 Å². The van der Waals surface area contributed by atoms with Crippen LogP contribution in [0.3, 0.4) is 0 Å². The summed E-state index contributed by atoms with van der Waals surface area (Å²) in [7, 11) is 0. The topological polar surface area (TPSA) is 81.9 Å². The van der Waals surface area contributed by atoms with E-state index in [-0.39, 0.29) is 36.5 Å². The number of aromatic nitrogens is 1. The Morgan fingerprint density at radius 1 is 1.10 bits per heavy atom. The Kier molecular flexibility index (Phi) is 5.19. The molecule has 0 saturated carbocycles. The van der Waals surface area contributed by atoms with Gasteiger partial charge in [0.25, 0.3) is 0 Å². The Morgan fingerprint density at radius 3 is 2.58 bits per heavy atom. The van der Waals surface area contributed by atoms with Gasteiger partial charge in [0.05, 0.1) is 25.3 Å². The van der Waals surface area contributed by atoms with Crippen LogP contribution in [0.4, 0.5) is 4.79 Å². The molecule has 3 aromatic rings. The van der Waals surface area contributed by atoms with Gasteiger partial charge in [-0.25, -0.2) is 9.78 Å². The third kappa shape index (κ3) is 3.93. The van der Waals surface area contributed by atoms with E-state index in [9.17, 15) is 9.59 Å². The highest BCUT2D eigenvalue weighted by Gasteiger charge is 2.44. The molecular formula is C24H24N2O5. The number of piperidine rings is 1. The third-order valence-electron chi connectivity index (χ3n) is 6.09. The number of ether oxygens (including phenoxy) is 2. The van der Waals surface area contributed by atoms with Crippen molar-refractivity contribution in [3.63, 3.8) is 0 Å². The highest BCUT2D eigenvalue weighted by molar-refractivity contribution is 6.00. The van der Waals surface area contributed by atoms with E-state index in [0.29, 0.717) is 43.1 Å². The first kappa shape index (κ1) is 19.8. The fourth-order valence-corrected chi connectivity index (χ4v) is 4.65. The molecule has 7 nitrogen and oxygen atoms in total. The van der Waals surface area contributed by atoms with E-state index in [2.05, 4.69) is 4.98 Å². The molecule has 0 aliphatic carbocycles. The number of hydrogen-bond donors (Lipinski definition) is 0. The minimum atomic E-state index is -0.341. The van der Waals surface area contributed by atoms with Crippen molar-refractivity contribution in [2.24, 2.45) is 5.92 Å². The van der Waals surface area contributed by atoms with Gasteiger partial charge in [-0.2, -0.15) is 0 Å². The van der Waals surface area contributed by atoms with E-state index in [1.165, 1.54) is 0 Å². The normalized spacial score (nSPS) is 23.0. The summed E-state index contributed by atoms with van der Waals surface area (Å²) < 4.78 is 16.8. The lowest BCUT2D eigenvalue weighted by atomic mass is 9.81. The molecule has 7 heteroatoms. The molecule has 0 N–H and O–H groups in total. The average molecular weight is 420 g/mol. The lowest BCUT2D eigenvalue weighted by Gasteiger charge is -2.47. The smallest absolute Gasteiger partial charge is 0.410 e. The van der Waals surface area contributed by atoms with Gasteiger partial charge < -0.3 is 13.9 Å². The Hall–Kier alpha value is -3.19. The fraction of sp³-hybridized carbons (Fsp3) is 0.375. The Bertz CT molecular complexity index is 1100. The van der Waals surface area contributed by atoms with E-state index in [0.717, 1.165) is 11.1 Å². The van der Waals surface area contributed by atoms with E-state index in [1.807, 2.05) is 36.4 Å². The van der Waals surface area contributed by atoms with Crippen molar-refractivity contribution in [1.82, 2.24) is 9.88 Å². The minimum Gasteiger partial charge on any atom is -0.445 e. The summed E-state index contributed by atoms with van der Waals surface area (Å²) >= 11 is 0. The van der Waals surface area contributed by atoms with Crippen LogP contribution in [0.15, 0.2) is 52.9 Å². The molecule has 2 aliphatic heterocycles. The van der Waals surface area contributed by atoms with Crippen LogP contribution < -0.4 is 0 Å².